The van der Waals surface area contributed by atoms with Crippen LogP contribution in [0.1, 0.15) is 26.7 Å². The molecule has 0 spiro atoms. The number of guanidine groups is 1. The molecule has 0 radical (unpaired) electrons. The van der Waals surface area contributed by atoms with Gasteiger partial charge in [0.2, 0.25) is 0 Å². The van der Waals surface area contributed by atoms with Gasteiger partial charge in [-0.3, -0.25) is 4.99 Å². The summed E-state index contributed by atoms with van der Waals surface area (Å²) in [7, 11) is 1.67. The maximum absolute atomic E-state index is 5.75. The summed E-state index contributed by atoms with van der Waals surface area (Å²) < 4.78 is 10.6. The summed E-state index contributed by atoms with van der Waals surface area (Å²) in [6.45, 7) is 5.35. The van der Waals surface area contributed by atoms with Crippen LogP contribution in [0.3, 0.4) is 0 Å². The Kier molecular flexibility index (Phi) is 5.55. The second kappa shape index (κ2) is 6.70. The number of methoxy groups -OCH3 is 1. The lowest BCUT2D eigenvalue weighted by Crippen LogP contribution is -2.41. The van der Waals surface area contributed by atoms with E-state index in [0.717, 1.165) is 12.8 Å². The summed E-state index contributed by atoms with van der Waals surface area (Å²) >= 11 is 0. The van der Waals surface area contributed by atoms with Crippen LogP contribution < -0.4 is 11.1 Å². The SMILES string of the molecule is COCC(C)NC(N)=NCC1CCC(C)O1. The van der Waals surface area contributed by atoms with E-state index in [-0.39, 0.29) is 12.1 Å². The van der Waals surface area contributed by atoms with Crippen molar-refractivity contribution in [3.63, 3.8) is 0 Å². The van der Waals surface area contributed by atoms with Gasteiger partial charge in [0.1, 0.15) is 0 Å². The number of ether oxygens (including phenoxy) is 2. The van der Waals surface area contributed by atoms with Crippen LogP contribution in [0.5, 0.6) is 0 Å². The van der Waals surface area contributed by atoms with Gasteiger partial charge in [-0.2, -0.15) is 0 Å². The number of hydrogen-bond donors (Lipinski definition) is 2. The summed E-state index contributed by atoms with van der Waals surface area (Å²) in [5.41, 5.74) is 5.75. The molecule has 0 amide bonds. The predicted molar refractivity (Wildman–Crippen MR) is 64.5 cm³/mol. The number of aliphatic imine (C=N–C) groups is 1. The molecule has 3 unspecified atom stereocenters. The summed E-state index contributed by atoms with van der Waals surface area (Å²) in [6, 6.07) is 0.178. The minimum absolute atomic E-state index is 0.178. The Labute approximate surface area is 97.4 Å². The average molecular weight is 229 g/mol. The van der Waals surface area contributed by atoms with E-state index in [9.17, 15) is 0 Å². The first-order valence-electron chi connectivity index (χ1n) is 5.82. The Morgan fingerprint density at radius 1 is 1.62 bits per heavy atom. The molecule has 5 nitrogen and oxygen atoms in total. The van der Waals surface area contributed by atoms with Gasteiger partial charge in [-0.05, 0) is 26.7 Å². The molecule has 0 aromatic heterocycles. The topological polar surface area (TPSA) is 68.9 Å². The van der Waals surface area contributed by atoms with Crippen LogP contribution >= 0.6 is 0 Å². The smallest absolute Gasteiger partial charge is 0.188 e. The van der Waals surface area contributed by atoms with Gasteiger partial charge in [0.25, 0.3) is 0 Å². The molecule has 0 aliphatic carbocycles. The Morgan fingerprint density at radius 2 is 2.38 bits per heavy atom. The lowest BCUT2D eigenvalue weighted by atomic mass is 10.2. The van der Waals surface area contributed by atoms with Crippen LogP contribution in [-0.2, 0) is 9.47 Å². The maximum Gasteiger partial charge on any atom is 0.188 e. The molecule has 16 heavy (non-hydrogen) atoms. The van der Waals surface area contributed by atoms with Crippen molar-refractivity contribution in [2.24, 2.45) is 10.7 Å². The Balaban J connectivity index is 2.22. The van der Waals surface area contributed by atoms with Crippen LogP contribution in [0.25, 0.3) is 0 Å². The van der Waals surface area contributed by atoms with Gasteiger partial charge in [-0.25, -0.2) is 0 Å². The normalized spacial score (nSPS) is 28.1. The molecule has 0 aromatic carbocycles. The van der Waals surface area contributed by atoms with E-state index >= 15 is 0 Å². The minimum Gasteiger partial charge on any atom is -0.383 e. The van der Waals surface area contributed by atoms with E-state index in [2.05, 4.69) is 17.2 Å². The zero-order valence-electron chi connectivity index (χ0n) is 10.4. The molecule has 0 bridgehead atoms. The summed E-state index contributed by atoms with van der Waals surface area (Å²) in [5, 5.41) is 3.06. The molecule has 1 saturated heterocycles. The number of nitrogens with two attached hydrogens (primary N) is 1. The van der Waals surface area contributed by atoms with Crippen molar-refractivity contribution in [2.45, 2.75) is 44.9 Å². The van der Waals surface area contributed by atoms with E-state index in [1.54, 1.807) is 7.11 Å². The van der Waals surface area contributed by atoms with E-state index in [1.807, 2.05) is 6.92 Å². The summed E-state index contributed by atoms with van der Waals surface area (Å²) in [5.74, 6) is 0.465. The van der Waals surface area contributed by atoms with Crippen LogP contribution in [0.4, 0.5) is 0 Å². The fourth-order valence-electron chi connectivity index (χ4n) is 1.81. The molecular weight excluding hydrogens is 206 g/mol. The highest BCUT2D eigenvalue weighted by Crippen LogP contribution is 2.18. The van der Waals surface area contributed by atoms with Crippen molar-refractivity contribution in [3.8, 4) is 0 Å². The quantitative estimate of drug-likeness (QED) is 0.532. The monoisotopic (exact) mass is 229 g/mol. The molecular formula is C11H23N3O2. The van der Waals surface area contributed by atoms with E-state index in [4.69, 9.17) is 15.2 Å². The van der Waals surface area contributed by atoms with Gasteiger partial charge in [-0.1, -0.05) is 0 Å². The minimum atomic E-state index is 0.178. The zero-order chi connectivity index (χ0) is 12.0. The highest BCUT2D eigenvalue weighted by atomic mass is 16.5. The van der Waals surface area contributed by atoms with Crippen molar-refractivity contribution in [3.05, 3.63) is 0 Å². The van der Waals surface area contributed by atoms with Crippen LogP contribution in [0, 0.1) is 0 Å². The third-order valence-corrected chi connectivity index (χ3v) is 2.60. The molecule has 3 atom stereocenters. The number of rotatable bonds is 5. The third kappa shape index (κ3) is 4.81. The molecule has 3 N–H and O–H groups in total. The maximum atomic E-state index is 5.75. The summed E-state index contributed by atoms with van der Waals surface area (Å²) in [4.78, 5) is 4.27. The van der Waals surface area contributed by atoms with Crippen molar-refractivity contribution in [2.75, 3.05) is 20.3 Å². The molecule has 1 aliphatic rings. The molecule has 1 fully saturated rings. The fourth-order valence-corrected chi connectivity index (χ4v) is 1.81. The molecule has 1 aliphatic heterocycles. The highest BCUT2D eigenvalue weighted by Gasteiger charge is 2.21. The molecule has 0 aromatic rings. The standard InChI is InChI=1S/C11H23N3O2/c1-8(7-15-3)14-11(12)13-6-10-5-4-9(2)16-10/h8-10H,4-7H2,1-3H3,(H3,12,13,14). The van der Waals surface area contributed by atoms with Gasteiger partial charge in [-0.15, -0.1) is 0 Å². The molecule has 1 heterocycles. The van der Waals surface area contributed by atoms with Gasteiger partial charge < -0.3 is 20.5 Å². The van der Waals surface area contributed by atoms with Crippen molar-refractivity contribution < 1.29 is 9.47 Å². The van der Waals surface area contributed by atoms with Gasteiger partial charge in [0.15, 0.2) is 5.96 Å². The first kappa shape index (κ1) is 13.3. The van der Waals surface area contributed by atoms with Crippen molar-refractivity contribution >= 4 is 5.96 Å². The average Bonchev–Trinajstić information content (AvgIpc) is 2.61. The van der Waals surface area contributed by atoms with Crippen LogP contribution in [0.15, 0.2) is 4.99 Å². The summed E-state index contributed by atoms with van der Waals surface area (Å²) in [6.07, 6.45) is 2.79. The molecule has 0 saturated carbocycles. The zero-order valence-corrected chi connectivity index (χ0v) is 10.4. The molecule has 94 valence electrons. The Hall–Kier alpha value is -0.810. The number of hydrogen-bond acceptors (Lipinski definition) is 3. The van der Waals surface area contributed by atoms with Crippen LogP contribution in [0.2, 0.25) is 0 Å². The number of nitrogens with one attached hydrogen (secondary N) is 1. The second-order valence-electron chi connectivity index (χ2n) is 4.37. The second-order valence-corrected chi connectivity index (χ2v) is 4.37. The first-order valence-corrected chi connectivity index (χ1v) is 5.82. The van der Waals surface area contributed by atoms with Gasteiger partial charge in [0.05, 0.1) is 25.4 Å². The van der Waals surface area contributed by atoms with Crippen molar-refractivity contribution in [1.29, 1.82) is 0 Å². The number of nitrogens with zero attached hydrogens (tertiary/aromatic N) is 1. The fraction of sp³-hybridized carbons (Fsp3) is 0.909. The van der Waals surface area contributed by atoms with Gasteiger partial charge in [0, 0.05) is 13.2 Å². The highest BCUT2D eigenvalue weighted by molar-refractivity contribution is 5.78. The van der Waals surface area contributed by atoms with Gasteiger partial charge >= 0.3 is 0 Å². The lowest BCUT2D eigenvalue weighted by Gasteiger charge is -2.14. The third-order valence-electron chi connectivity index (χ3n) is 2.60. The molecule has 1 rings (SSSR count). The van der Waals surface area contributed by atoms with E-state index in [1.165, 1.54) is 0 Å². The Bertz CT molecular complexity index is 233. The van der Waals surface area contributed by atoms with E-state index < -0.39 is 0 Å². The molecule has 5 heteroatoms. The van der Waals surface area contributed by atoms with Crippen molar-refractivity contribution in [1.82, 2.24) is 5.32 Å². The van der Waals surface area contributed by atoms with Crippen LogP contribution in [-0.4, -0.2) is 44.5 Å². The first-order chi connectivity index (χ1) is 7.61. The predicted octanol–water partition coefficient (Wildman–Crippen LogP) is 0.493. The van der Waals surface area contributed by atoms with E-state index in [0.29, 0.717) is 25.2 Å². The largest absolute Gasteiger partial charge is 0.383 e. The lowest BCUT2D eigenvalue weighted by molar-refractivity contribution is 0.0615. The Morgan fingerprint density at radius 3 is 2.94 bits per heavy atom.